The zero-order valence-corrected chi connectivity index (χ0v) is 12.5. The van der Waals surface area contributed by atoms with Crippen LogP contribution in [0.25, 0.3) is 10.8 Å². The Hall–Kier alpha value is -1.71. The lowest BCUT2D eigenvalue weighted by Crippen LogP contribution is -1.91. The van der Waals surface area contributed by atoms with E-state index in [0.29, 0.717) is 0 Å². The number of nitrogens with zero attached hydrogens (tertiary/aromatic N) is 1. The second kappa shape index (κ2) is 5.35. The van der Waals surface area contributed by atoms with Crippen LogP contribution < -0.4 is 5.73 Å². The SMILES string of the molecule is Cc1cc2c(Sc3ccccc3Cl)ccc(N)c2cn1. The van der Waals surface area contributed by atoms with Gasteiger partial charge in [0.15, 0.2) is 0 Å². The Morgan fingerprint density at radius 3 is 2.65 bits per heavy atom. The first-order valence-electron chi connectivity index (χ1n) is 6.22. The van der Waals surface area contributed by atoms with E-state index in [1.165, 1.54) is 0 Å². The molecule has 0 aliphatic carbocycles. The Kier molecular flexibility index (Phi) is 3.55. The van der Waals surface area contributed by atoms with E-state index in [1.54, 1.807) is 11.8 Å². The number of pyridine rings is 1. The summed E-state index contributed by atoms with van der Waals surface area (Å²) in [6.07, 6.45) is 1.83. The standard InChI is InChI=1S/C16H13ClN2S/c1-10-8-11-12(9-19-10)14(18)6-7-15(11)20-16-5-3-2-4-13(16)17/h2-9H,18H2,1H3. The minimum atomic E-state index is 0.746. The van der Waals surface area contributed by atoms with Crippen LogP contribution in [0.3, 0.4) is 0 Å². The monoisotopic (exact) mass is 300 g/mol. The third-order valence-corrected chi connectivity index (χ3v) is 4.68. The molecule has 100 valence electrons. The lowest BCUT2D eigenvalue weighted by Gasteiger charge is -2.10. The van der Waals surface area contributed by atoms with Crippen molar-refractivity contribution in [1.82, 2.24) is 4.98 Å². The number of nitrogens with two attached hydrogens (primary N) is 1. The normalized spacial score (nSPS) is 10.9. The van der Waals surface area contributed by atoms with Gasteiger partial charge in [-0.15, -0.1) is 0 Å². The fourth-order valence-electron chi connectivity index (χ4n) is 2.07. The van der Waals surface area contributed by atoms with Gasteiger partial charge in [-0.05, 0) is 37.3 Å². The Morgan fingerprint density at radius 1 is 1.05 bits per heavy atom. The van der Waals surface area contributed by atoms with E-state index >= 15 is 0 Å². The molecule has 0 aliphatic heterocycles. The molecule has 0 unspecified atom stereocenters. The first-order chi connectivity index (χ1) is 9.65. The number of benzene rings is 2. The summed E-state index contributed by atoms with van der Waals surface area (Å²) >= 11 is 7.88. The molecule has 0 atom stereocenters. The largest absolute Gasteiger partial charge is 0.398 e. The first-order valence-corrected chi connectivity index (χ1v) is 7.42. The Bertz CT molecular complexity index is 787. The molecule has 0 spiro atoms. The number of hydrogen-bond acceptors (Lipinski definition) is 3. The first kappa shape index (κ1) is 13.3. The quantitative estimate of drug-likeness (QED) is 0.682. The Morgan fingerprint density at radius 2 is 1.85 bits per heavy atom. The summed E-state index contributed by atoms with van der Waals surface area (Å²) in [5.74, 6) is 0. The molecule has 4 heteroatoms. The summed E-state index contributed by atoms with van der Waals surface area (Å²) < 4.78 is 0. The van der Waals surface area contributed by atoms with Crippen molar-refractivity contribution < 1.29 is 0 Å². The summed E-state index contributed by atoms with van der Waals surface area (Å²) in [6, 6.07) is 13.8. The van der Waals surface area contributed by atoms with Gasteiger partial charge >= 0.3 is 0 Å². The van der Waals surface area contributed by atoms with Crippen molar-refractivity contribution in [2.24, 2.45) is 0 Å². The molecule has 2 N–H and O–H groups in total. The van der Waals surface area contributed by atoms with E-state index in [0.717, 1.165) is 37.0 Å². The van der Waals surface area contributed by atoms with Crippen LogP contribution >= 0.6 is 23.4 Å². The number of nitrogen functional groups attached to an aromatic ring is 1. The van der Waals surface area contributed by atoms with Crippen LogP contribution in [0, 0.1) is 6.92 Å². The van der Waals surface area contributed by atoms with Crippen molar-refractivity contribution in [3.8, 4) is 0 Å². The molecular formula is C16H13ClN2S. The van der Waals surface area contributed by atoms with E-state index in [1.807, 2.05) is 49.5 Å². The molecular weight excluding hydrogens is 288 g/mol. The van der Waals surface area contributed by atoms with Gasteiger partial charge in [0.25, 0.3) is 0 Å². The highest BCUT2D eigenvalue weighted by Crippen LogP contribution is 2.38. The number of aromatic nitrogens is 1. The van der Waals surface area contributed by atoms with Crippen molar-refractivity contribution in [2.45, 2.75) is 16.7 Å². The van der Waals surface area contributed by atoms with E-state index in [-0.39, 0.29) is 0 Å². The molecule has 1 aromatic heterocycles. The van der Waals surface area contributed by atoms with Crippen LogP contribution in [-0.4, -0.2) is 4.98 Å². The van der Waals surface area contributed by atoms with Gasteiger partial charge in [0, 0.05) is 38.1 Å². The predicted octanol–water partition coefficient (Wildman–Crippen LogP) is 4.93. The summed E-state index contributed by atoms with van der Waals surface area (Å²) in [5, 5.41) is 2.85. The van der Waals surface area contributed by atoms with Gasteiger partial charge < -0.3 is 5.73 Å². The lowest BCUT2D eigenvalue weighted by molar-refractivity contribution is 1.22. The number of rotatable bonds is 2. The van der Waals surface area contributed by atoms with Gasteiger partial charge in [0.05, 0.1) is 5.02 Å². The van der Waals surface area contributed by atoms with Gasteiger partial charge in [0.1, 0.15) is 0 Å². The van der Waals surface area contributed by atoms with E-state index in [2.05, 4.69) is 11.1 Å². The molecule has 0 saturated heterocycles. The molecule has 0 aliphatic rings. The zero-order chi connectivity index (χ0) is 14.1. The third kappa shape index (κ3) is 2.47. The Labute approximate surface area is 127 Å². The van der Waals surface area contributed by atoms with Gasteiger partial charge in [-0.1, -0.05) is 35.5 Å². The van der Waals surface area contributed by atoms with Gasteiger partial charge in [-0.3, -0.25) is 4.98 Å². The highest BCUT2D eigenvalue weighted by Gasteiger charge is 2.08. The van der Waals surface area contributed by atoms with Crippen molar-refractivity contribution in [1.29, 1.82) is 0 Å². The zero-order valence-electron chi connectivity index (χ0n) is 10.9. The summed E-state index contributed by atoms with van der Waals surface area (Å²) in [4.78, 5) is 6.49. The summed E-state index contributed by atoms with van der Waals surface area (Å²) in [7, 11) is 0. The molecule has 1 heterocycles. The van der Waals surface area contributed by atoms with Crippen LogP contribution in [0.1, 0.15) is 5.69 Å². The van der Waals surface area contributed by atoms with E-state index in [9.17, 15) is 0 Å². The maximum Gasteiger partial charge on any atom is 0.0545 e. The van der Waals surface area contributed by atoms with Crippen LogP contribution in [0.4, 0.5) is 5.69 Å². The van der Waals surface area contributed by atoms with Crippen molar-refractivity contribution in [2.75, 3.05) is 5.73 Å². The van der Waals surface area contributed by atoms with Crippen LogP contribution in [0.5, 0.6) is 0 Å². The number of anilines is 1. The molecule has 0 saturated carbocycles. The molecule has 0 fully saturated rings. The molecule has 0 radical (unpaired) electrons. The van der Waals surface area contributed by atoms with Gasteiger partial charge in [0.2, 0.25) is 0 Å². The topological polar surface area (TPSA) is 38.9 Å². The number of halogens is 1. The maximum atomic E-state index is 6.23. The second-order valence-electron chi connectivity index (χ2n) is 4.56. The van der Waals surface area contributed by atoms with Crippen molar-refractivity contribution in [3.05, 3.63) is 59.4 Å². The Balaban J connectivity index is 2.15. The van der Waals surface area contributed by atoms with E-state index in [4.69, 9.17) is 17.3 Å². The van der Waals surface area contributed by atoms with Crippen molar-refractivity contribution >= 4 is 39.8 Å². The van der Waals surface area contributed by atoms with Gasteiger partial charge in [-0.2, -0.15) is 0 Å². The average Bonchev–Trinajstić information content (AvgIpc) is 2.44. The smallest absolute Gasteiger partial charge is 0.0545 e. The molecule has 2 aromatic carbocycles. The molecule has 3 rings (SSSR count). The van der Waals surface area contributed by atoms with Crippen LogP contribution in [-0.2, 0) is 0 Å². The number of fused-ring (bicyclic) bond motifs is 1. The summed E-state index contributed by atoms with van der Waals surface area (Å²) in [5.41, 5.74) is 7.75. The van der Waals surface area contributed by atoms with Crippen molar-refractivity contribution in [3.63, 3.8) is 0 Å². The number of hydrogen-bond donors (Lipinski definition) is 1. The lowest BCUT2D eigenvalue weighted by atomic mass is 10.1. The molecule has 3 aromatic rings. The van der Waals surface area contributed by atoms with Crippen LogP contribution in [0.2, 0.25) is 5.02 Å². The minimum Gasteiger partial charge on any atom is -0.398 e. The fraction of sp³-hybridized carbons (Fsp3) is 0.0625. The molecule has 20 heavy (non-hydrogen) atoms. The average molecular weight is 301 g/mol. The highest BCUT2D eigenvalue weighted by molar-refractivity contribution is 7.99. The van der Waals surface area contributed by atoms with Crippen LogP contribution in [0.15, 0.2) is 58.5 Å². The molecule has 2 nitrogen and oxygen atoms in total. The fourth-order valence-corrected chi connectivity index (χ4v) is 3.29. The molecule has 0 bridgehead atoms. The third-order valence-electron chi connectivity index (χ3n) is 3.09. The summed E-state index contributed by atoms with van der Waals surface area (Å²) in [6.45, 7) is 1.98. The van der Waals surface area contributed by atoms with E-state index < -0.39 is 0 Å². The highest BCUT2D eigenvalue weighted by atomic mass is 35.5. The maximum absolute atomic E-state index is 6.23. The molecule has 0 amide bonds. The second-order valence-corrected chi connectivity index (χ2v) is 6.05. The van der Waals surface area contributed by atoms with Gasteiger partial charge in [-0.25, -0.2) is 0 Å². The minimum absolute atomic E-state index is 0.746. The number of aryl methyl sites for hydroxylation is 1. The predicted molar refractivity (Wildman–Crippen MR) is 86.5 cm³/mol.